The molecule has 1 unspecified atom stereocenters. The van der Waals surface area contributed by atoms with Crippen LogP contribution in [0.25, 0.3) is 22.2 Å². The van der Waals surface area contributed by atoms with Gasteiger partial charge in [-0.3, -0.25) is 4.98 Å². The maximum atomic E-state index is 12.7. The van der Waals surface area contributed by atoms with Gasteiger partial charge in [-0.15, -0.1) is 21.5 Å². The zero-order valence-corrected chi connectivity index (χ0v) is 17.3. The van der Waals surface area contributed by atoms with Crippen LogP contribution < -0.4 is 4.74 Å². The Morgan fingerprint density at radius 2 is 1.93 bits per heavy atom. The molecular formula is C21H18N4O4S. The minimum atomic E-state index is -0.711. The lowest BCUT2D eigenvalue weighted by molar-refractivity contribution is 0.0284. The van der Waals surface area contributed by atoms with Crippen LogP contribution in [-0.2, 0) is 4.74 Å². The van der Waals surface area contributed by atoms with Gasteiger partial charge < -0.3 is 13.9 Å². The van der Waals surface area contributed by atoms with Crippen LogP contribution in [-0.4, -0.2) is 33.2 Å². The van der Waals surface area contributed by atoms with Gasteiger partial charge in [0, 0.05) is 11.8 Å². The summed E-state index contributed by atoms with van der Waals surface area (Å²) in [7, 11) is 1.60. The highest BCUT2D eigenvalue weighted by Crippen LogP contribution is 2.29. The van der Waals surface area contributed by atoms with Gasteiger partial charge in [-0.1, -0.05) is 6.07 Å². The number of rotatable bonds is 6. The van der Waals surface area contributed by atoms with Crippen molar-refractivity contribution in [1.29, 1.82) is 0 Å². The molecule has 0 saturated heterocycles. The van der Waals surface area contributed by atoms with E-state index in [1.807, 2.05) is 30.3 Å². The molecule has 0 N–H and O–H groups in total. The van der Waals surface area contributed by atoms with Crippen molar-refractivity contribution in [2.24, 2.45) is 0 Å². The number of carbonyl (C=O) groups is 1. The van der Waals surface area contributed by atoms with E-state index in [9.17, 15) is 4.79 Å². The average molecular weight is 422 g/mol. The molecule has 0 fully saturated rings. The molecule has 3 heterocycles. The third-order valence-electron chi connectivity index (χ3n) is 4.28. The molecule has 0 radical (unpaired) electrons. The highest BCUT2D eigenvalue weighted by molar-refractivity contribution is 7.17. The first-order chi connectivity index (χ1) is 14.5. The number of esters is 1. The van der Waals surface area contributed by atoms with E-state index in [2.05, 4.69) is 20.2 Å². The molecule has 4 rings (SSSR count). The highest BCUT2D eigenvalue weighted by Gasteiger charge is 2.24. The normalized spacial score (nSPS) is 11.8. The maximum Gasteiger partial charge on any atom is 0.351 e. The molecule has 9 heteroatoms. The molecular weight excluding hydrogens is 404 g/mol. The van der Waals surface area contributed by atoms with E-state index in [0.717, 1.165) is 11.3 Å². The molecule has 1 aromatic carbocycles. The first kappa shape index (κ1) is 19.7. The highest BCUT2D eigenvalue weighted by atomic mass is 32.1. The molecule has 0 spiro atoms. The van der Waals surface area contributed by atoms with Gasteiger partial charge in [0.05, 0.1) is 18.5 Å². The van der Waals surface area contributed by atoms with Gasteiger partial charge in [0.2, 0.25) is 5.89 Å². The van der Waals surface area contributed by atoms with Crippen molar-refractivity contribution in [3.05, 3.63) is 65.1 Å². The summed E-state index contributed by atoms with van der Waals surface area (Å²) in [6.45, 7) is 3.44. The number of ether oxygens (including phenoxy) is 2. The van der Waals surface area contributed by atoms with E-state index >= 15 is 0 Å². The Labute approximate surface area is 176 Å². The Balaban J connectivity index is 1.48. The van der Waals surface area contributed by atoms with Crippen LogP contribution >= 0.6 is 11.3 Å². The Bertz CT molecular complexity index is 1160. The molecule has 4 aromatic rings. The zero-order chi connectivity index (χ0) is 21.1. The van der Waals surface area contributed by atoms with Gasteiger partial charge >= 0.3 is 5.97 Å². The molecule has 0 aliphatic rings. The minimum Gasteiger partial charge on any atom is -0.497 e. The maximum absolute atomic E-state index is 12.7. The standard InChI is InChI=1S/C21H18N4O4S/c1-12-17(30-20(23-12)16-6-4-5-11-22-16)21(26)28-13(2)18-24-25-19(29-18)14-7-9-15(27-3)10-8-14/h4-11,13H,1-3H3. The molecule has 152 valence electrons. The third-order valence-corrected chi connectivity index (χ3v) is 5.44. The van der Waals surface area contributed by atoms with Crippen molar-refractivity contribution >= 4 is 17.3 Å². The predicted molar refractivity (Wildman–Crippen MR) is 110 cm³/mol. The molecule has 30 heavy (non-hydrogen) atoms. The van der Waals surface area contributed by atoms with Crippen molar-refractivity contribution in [2.45, 2.75) is 20.0 Å². The molecule has 3 aromatic heterocycles. The van der Waals surface area contributed by atoms with E-state index in [0.29, 0.717) is 27.2 Å². The van der Waals surface area contributed by atoms with Gasteiger partial charge in [0.25, 0.3) is 5.89 Å². The van der Waals surface area contributed by atoms with Gasteiger partial charge in [-0.05, 0) is 50.2 Å². The van der Waals surface area contributed by atoms with Crippen molar-refractivity contribution in [3.8, 4) is 27.9 Å². The van der Waals surface area contributed by atoms with Crippen LogP contribution in [0.2, 0.25) is 0 Å². The number of methoxy groups -OCH3 is 1. The summed E-state index contributed by atoms with van der Waals surface area (Å²) in [5, 5.41) is 8.71. The van der Waals surface area contributed by atoms with Gasteiger partial charge in [0.15, 0.2) is 6.10 Å². The molecule has 8 nitrogen and oxygen atoms in total. The first-order valence-electron chi connectivity index (χ1n) is 9.13. The van der Waals surface area contributed by atoms with Crippen LogP contribution in [0.15, 0.2) is 53.1 Å². The molecule has 0 saturated carbocycles. The molecule has 0 aliphatic heterocycles. The lowest BCUT2D eigenvalue weighted by Gasteiger charge is -2.08. The lowest BCUT2D eigenvalue weighted by atomic mass is 10.2. The smallest absolute Gasteiger partial charge is 0.351 e. The third kappa shape index (κ3) is 4.06. The van der Waals surface area contributed by atoms with E-state index in [-0.39, 0.29) is 5.89 Å². The summed E-state index contributed by atoms with van der Waals surface area (Å²) in [4.78, 5) is 21.8. The predicted octanol–water partition coefficient (Wildman–Crippen LogP) is 4.49. The van der Waals surface area contributed by atoms with Crippen LogP contribution in [0.1, 0.15) is 34.3 Å². The number of pyridine rings is 1. The minimum absolute atomic E-state index is 0.210. The number of hydrogen-bond donors (Lipinski definition) is 0. The van der Waals surface area contributed by atoms with Crippen molar-refractivity contribution in [2.75, 3.05) is 7.11 Å². The van der Waals surface area contributed by atoms with Gasteiger partial charge in [-0.2, -0.15) is 0 Å². The van der Waals surface area contributed by atoms with Gasteiger partial charge in [-0.25, -0.2) is 9.78 Å². The van der Waals surface area contributed by atoms with E-state index < -0.39 is 12.1 Å². The molecule has 0 bridgehead atoms. The fourth-order valence-corrected chi connectivity index (χ4v) is 3.62. The fourth-order valence-electron chi connectivity index (χ4n) is 2.70. The molecule has 1 atom stereocenters. The topological polar surface area (TPSA) is 100 Å². The SMILES string of the molecule is COc1ccc(-c2nnc(C(C)OC(=O)c3sc(-c4ccccn4)nc3C)o2)cc1. The monoisotopic (exact) mass is 422 g/mol. The molecule has 0 amide bonds. The Morgan fingerprint density at radius 3 is 2.63 bits per heavy atom. The Hall–Kier alpha value is -3.59. The summed E-state index contributed by atoms with van der Waals surface area (Å²) in [6.07, 6.45) is 0.971. The summed E-state index contributed by atoms with van der Waals surface area (Å²) in [5.41, 5.74) is 2.03. The number of aryl methyl sites for hydroxylation is 1. The first-order valence-corrected chi connectivity index (χ1v) is 9.94. The van der Waals surface area contributed by atoms with Crippen molar-refractivity contribution in [1.82, 2.24) is 20.2 Å². The van der Waals surface area contributed by atoms with Crippen molar-refractivity contribution < 1.29 is 18.7 Å². The summed E-state index contributed by atoms with van der Waals surface area (Å²) < 4.78 is 16.4. The Morgan fingerprint density at radius 1 is 1.13 bits per heavy atom. The number of hydrogen-bond acceptors (Lipinski definition) is 9. The largest absolute Gasteiger partial charge is 0.497 e. The van der Waals surface area contributed by atoms with E-state index in [1.54, 1.807) is 39.3 Å². The fraction of sp³-hybridized carbons (Fsp3) is 0.190. The number of aromatic nitrogens is 4. The summed E-state index contributed by atoms with van der Waals surface area (Å²) in [5.74, 6) is 0.776. The van der Waals surface area contributed by atoms with Crippen LogP contribution in [0.4, 0.5) is 0 Å². The average Bonchev–Trinajstić information content (AvgIpc) is 3.42. The van der Waals surface area contributed by atoms with Crippen LogP contribution in [0, 0.1) is 6.92 Å². The molecule has 0 aliphatic carbocycles. The van der Waals surface area contributed by atoms with E-state index in [4.69, 9.17) is 13.9 Å². The second-order valence-corrected chi connectivity index (χ2v) is 7.37. The van der Waals surface area contributed by atoms with Crippen LogP contribution in [0.5, 0.6) is 5.75 Å². The van der Waals surface area contributed by atoms with E-state index in [1.165, 1.54) is 11.3 Å². The van der Waals surface area contributed by atoms with Crippen molar-refractivity contribution in [3.63, 3.8) is 0 Å². The zero-order valence-electron chi connectivity index (χ0n) is 16.5. The second kappa shape index (κ2) is 8.42. The number of thiazole rings is 1. The van der Waals surface area contributed by atoms with Gasteiger partial charge in [0.1, 0.15) is 15.6 Å². The number of benzene rings is 1. The number of carbonyl (C=O) groups excluding carboxylic acids is 1. The summed E-state index contributed by atoms with van der Waals surface area (Å²) >= 11 is 1.24. The van der Waals surface area contributed by atoms with Crippen LogP contribution in [0.3, 0.4) is 0 Å². The lowest BCUT2D eigenvalue weighted by Crippen LogP contribution is -2.09. The second-order valence-electron chi connectivity index (χ2n) is 6.37. The number of nitrogens with zero attached hydrogens (tertiary/aromatic N) is 4. The quantitative estimate of drug-likeness (QED) is 0.419. The summed E-state index contributed by atoms with van der Waals surface area (Å²) in [6, 6.07) is 12.8. The Kier molecular flexibility index (Phi) is 5.53.